The Kier molecular flexibility index (Phi) is 5.30. The van der Waals surface area contributed by atoms with Crippen molar-refractivity contribution in [2.75, 3.05) is 5.75 Å². The third-order valence-corrected chi connectivity index (χ3v) is 5.64. The molecule has 4 aromatic rings. The van der Waals surface area contributed by atoms with E-state index < -0.39 is 0 Å². The van der Waals surface area contributed by atoms with Gasteiger partial charge in [-0.3, -0.25) is 4.79 Å². The van der Waals surface area contributed by atoms with Gasteiger partial charge >= 0.3 is 5.97 Å². The van der Waals surface area contributed by atoms with Crippen molar-refractivity contribution in [1.82, 2.24) is 10.1 Å². The van der Waals surface area contributed by atoms with Gasteiger partial charge in [-0.05, 0) is 25.3 Å². The highest BCUT2D eigenvalue weighted by Crippen LogP contribution is 2.27. The fourth-order valence-electron chi connectivity index (χ4n) is 3.22. The van der Waals surface area contributed by atoms with Crippen molar-refractivity contribution in [3.8, 4) is 0 Å². The number of thioether (sulfide) groups is 1. The highest BCUT2D eigenvalue weighted by Gasteiger charge is 2.13. The Morgan fingerprint density at radius 1 is 1.04 bits per heavy atom. The minimum Gasteiger partial charge on any atom is -0.459 e. The molecule has 0 aliphatic rings. The largest absolute Gasteiger partial charge is 0.459 e. The van der Waals surface area contributed by atoms with Crippen LogP contribution in [0.4, 0.5) is 0 Å². The summed E-state index contributed by atoms with van der Waals surface area (Å²) in [6.45, 7) is 3.95. The van der Waals surface area contributed by atoms with E-state index >= 15 is 0 Å². The van der Waals surface area contributed by atoms with Crippen LogP contribution in [0.5, 0.6) is 0 Å². The number of rotatable bonds is 6. The Morgan fingerprint density at radius 3 is 2.50 bits per heavy atom. The number of fused-ring (bicyclic) bond motifs is 3. The van der Waals surface area contributed by atoms with Crippen LogP contribution in [0.2, 0.25) is 0 Å². The summed E-state index contributed by atoms with van der Waals surface area (Å²) in [5, 5.41) is 7.16. The lowest BCUT2D eigenvalue weighted by atomic mass is 10.0. The molecule has 6 heteroatoms. The smallest absolute Gasteiger partial charge is 0.316 e. The van der Waals surface area contributed by atoms with E-state index in [1.165, 1.54) is 11.8 Å². The summed E-state index contributed by atoms with van der Waals surface area (Å²) >= 11 is 1.49. The highest BCUT2D eigenvalue weighted by molar-refractivity contribution is 7.99. The molecular formula is C22H20N2O3S. The number of esters is 1. The Hall–Kier alpha value is -2.86. The zero-order valence-electron chi connectivity index (χ0n) is 15.8. The molecule has 0 N–H and O–H groups in total. The van der Waals surface area contributed by atoms with Crippen LogP contribution in [0.15, 0.2) is 53.1 Å². The van der Waals surface area contributed by atoms with Crippen molar-refractivity contribution in [2.24, 2.45) is 0 Å². The van der Waals surface area contributed by atoms with Crippen LogP contribution in [-0.4, -0.2) is 21.9 Å². The number of para-hydroxylation sites is 1. The van der Waals surface area contributed by atoms with Crippen LogP contribution in [0.25, 0.3) is 21.7 Å². The van der Waals surface area contributed by atoms with E-state index in [0.29, 0.717) is 5.75 Å². The molecule has 0 atom stereocenters. The molecule has 0 amide bonds. The maximum atomic E-state index is 12.2. The number of carbonyl (C=O) groups excluding carboxylic acids is 1. The summed E-state index contributed by atoms with van der Waals surface area (Å²) in [7, 11) is 0. The van der Waals surface area contributed by atoms with Gasteiger partial charge in [0.2, 0.25) is 0 Å². The van der Waals surface area contributed by atoms with Gasteiger partial charge in [0.05, 0.1) is 22.7 Å². The average molecular weight is 392 g/mol. The Bertz CT molecular complexity index is 1130. The summed E-state index contributed by atoms with van der Waals surface area (Å²) in [4.78, 5) is 16.9. The van der Waals surface area contributed by atoms with Gasteiger partial charge in [-0.2, -0.15) is 0 Å². The number of ether oxygens (including phenoxy) is 1. The van der Waals surface area contributed by atoms with Crippen molar-refractivity contribution in [1.29, 1.82) is 0 Å². The molecule has 5 nitrogen and oxygen atoms in total. The lowest BCUT2D eigenvalue weighted by Gasteiger charge is -2.10. The monoisotopic (exact) mass is 392 g/mol. The number of pyridine rings is 1. The average Bonchev–Trinajstić information content (AvgIpc) is 3.04. The van der Waals surface area contributed by atoms with E-state index in [0.717, 1.165) is 44.4 Å². The molecule has 0 aliphatic carbocycles. The Balaban J connectivity index is 1.44. The Morgan fingerprint density at radius 2 is 1.75 bits per heavy atom. The van der Waals surface area contributed by atoms with Crippen molar-refractivity contribution in [2.45, 2.75) is 26.2 Å². The third kappa shape index (κ3) is 3.73. The van der Waals surface area contributed by atoms with E-state index in [-0.39, 0.29) is 18.3 Å². The second-order valence-corrected chi connectivity index (χ2v) is 7.56. The number of aromatic nitrogens is 2. The topological polar surface area (TPSA) is 65.2 Å². The first-order valence-electron chi connectivity index (χ1n) is 9.05. The quantitative estimate of drug-likeness (QED) is 0.341. The zero-order chi connectivity index (χ0) is 19.5. The van der Waals surface area contributed by atoms with Gasteiger partial charge in [0.15, 0.2) is 0 Å². The van der Waals surface area contributed by atoms with Gasteiger partial charge in [-0.1, -0.05) is 47.6 Å². The van der Waals surface area contributed by atoms with Crippen LogP contribution in [0.3, 0.4) is 0 Å². The van der Waals surface area contributed by atoms with Gasteiger partial charge < -0.3 is 9.26 Å². The lowest BCUT2D eigenvalue weighted by Crippen LogP contribution is -2.09. The van der Waals surface area contributed by atoms with Gasteiger partial charge in [-0.25, -0.2) is 4.98 Å². The predicted octanol–water partition coefficient (Wildman–Crippen LogP) is 4.97. The summed E-state index contributed by atoms with van der Waals surface area (Å²) in [6.07, 6.45) is 0. The van der Waals surface area contributed by atoms with Crippen molar-refractivity contribution in [3.63, 3.8) is 0 Å². The van der Waals surface area contributed by atoms with E-state index in [2.05, 4.69) is 17.3 Å². The number of hydrogen-bond donors (Lipinski definition) is 0. The standard InChI is InChI=1S/C22H20N2O3S/c1-14-19(15(2)27-24-14)12-28-13-22(25)26-11-21-18-9-4-3-7-16(18)17-8-5-6-10-20(17)23-21/h3-10H,11-13H2,1-2H3. The van der Waals surface area contributed by atoms with Gasteiger partial charge in [0.1, 0.15) is 12.4 Å². The van der Waals surface area contributed by atoms with Gasteiger partial charge in [0, 0.05) is 22.1 Å². The van der Waals surface area contributed by atoms with Gasteiger partial charge in [-0.15, -0.1) is 11.8 Å². The molecule has 0 fully saturated rings. The van der Waals surface area contributed by atoms with Gasteiger partial charge in [0.25, 0.3) is 0 Å². The fraction of sp³-hybridized carbons (Fsp3) is 0.227. The number of carbonyl (C=O) groups is 1. The molecule has 0 unspecified atom stereocenters. The van der Waals surface area contributed by atoms with E-state index in [1.807, 2.05) is 50.2 Å². The van der Waals surface area contributed by atoms with Crippen molar-refractivity contribution in [3.05, 3.63) is 71.2 Å². The minimum absolute atomic E-state index is 0.163. The molecule has 4 rings (SSSR count). The molecule has 142 valence electrons. The maximum Gasteiger partial charge on any atom is 0.316 e. The Labute approximate surface area is 167 Å². The zero-order valence-corrected chi connectivity index (χ0v) is 16.6. The molecule has 2 aromatic heterocycles. The summed E-state index contributed by atoms with van der Waals surface area (Å²) in [5.74, 6) is 1.49. The molecule has 0 saturated carbocycles. The maximum absolute atomic E-state index is 12.2. The molecule has 2 heterocycles. The van der Waals surface area contributed by atoms with Crippen LogP contribution in [0, 0.1) is 13.8 Å². The molecule has 2 aromatic carbocycles. The number of hydrogen-bond acceptors (Lipinski definition) is 6. The van der Waals surface area contributed by atoms with Crippen LogP contribution >= 0.6 is 11.8 Å². The molecular weight excluding hydrogens is 372 g/mol. The summed E-state index contributed by atoms with van der Waals surface area (Å²) in [5.41, 5.74) is 3.59. The number of benzene rings is 2. The summed E-state index contributed by atoms with van der Waals surface area (Å²) < 4.78 is 10.7. The number of aryl methyl sites for hydroxylation is 2. The normalized spacial score (nSPS) is 11.2. The van der Waals surface area contributed by atoms with Crippen LogP contribution in [0.1, 0.15) is 22.7 Å². The molecule has 0 spiro atoms. The second-order valence-electron chi connectivity index (χ2n) is 6.58. The van der Waals surface area contributed by atoms with Crippen molar-refractivity contribution < 1.29 is 14.1 Å². The van der Waals surface area contributed by atoms with E-state index in [4.69, 9.17) is 14.2 Å². The fourth-order valence-corrected chi connectivity index (χ4v) is 4.19. The van der Waals surface area contributed by atoms with Crippen molar-refractivity contribution >= 4 is 39.4 Å². The first-order valence-corrected chi connectivity index (χ1v) is 10.2. The molecule has 0 bridgehead atoms. The lowest BCUT2D eigenvalue weighted by molar-refractivity contribution is -0.141. The van der Waals surface area contributed by atoms with Crippen LogP contribution in [-0.2, 0) is 21.9 Å². The molecule has 0 radical (unpaired) electrons. The molecule has 0 aliphatic heterocycles. The molecule has 28 heavy (non-hydrogen) atoms. The van der Waals surface area contributed by atoms with Crippen LogP contribution < -0.4 is 0 Å². The highest BCUT2D eigenvalue weighted by atomic mass is 32.2. The predicted molar refractivity (Wildman–Crippen MR) is 111 cm³/mol. The number of nitrogens with zero attached hydrogens (tertiary/aromatic N) is 2. The minimum atomic E-state index is -0.254. The molecule has 0 saturated heterocycles. The SMILES string of the molecule is Cc1noc(C)c1CSCC(=O)OCc1nc2ccccc2c2ccccc12. The third-order valence-electron chi connectivity index (χ3n) is 4.71. The van der Waals surface area contributed by atoms with E-state index in [9.17, 15) is 4.79 Å². The first kappa shape index (κ1) is 18.5. The summed E-state index contributed by atoms with van der Waals surface area (Å²) in [6, 6.07) is 16.1. The first-order chi connectivity index (χ1) is 13.6. The van der Waals surface area contributed by atoms with E-state index in [1.54, 1.807) is 0 Å². The second kappa shape index (κ2) is 8.02.